The van der Waals surface area contributed by atoms with Crippen LogP contribution in [0.25, 0.3) is 0 Å². The average molecular weight is 270 g/mol. The van der Waals surface area contributed by atoms with Crippen LogP contribution in [0.15, 0.2) is 24.4 Å². The van der Waals surface area contributed by atoms with E-state index in [2.05, 4.69) is 4.98 Å². The summed E-state index contributed by atoms with van der Waals surface area (Å²) in [5.41, 5.74) is 0.885. The summed E-state index contributed by atoms with van der Waals surface area (Å²) in [5, 5.41) is 9.86. The molecule has 0 amide bonds. The Bertz CT molecular complexity index is 489. The minimum absolute atomic E-state index is 0.0365. The summed E-state index contributed by atoms with van der Waals surface area (Å²) in [7, 11) is -3.10. The van der Waals surface area contributed by atoms with E-state index in [1.165, 1.54) is 0 Å². The van der Waals surface area contributed by atoms with Crippen molar-refractivity contribution in [3.63, 3.8) is 0 Å². The van der Waals surface area contributed by atoms with Gasteiger partial charge in [0.1, 0.15) is 0 Å². The number of aliphatic hydroxyl groups excluding tert-OH is 1. The normalized spacial score (nSPS) is 26.6. The Hall–Kier alpha value is -0.980. The van der Waals surface area contributed by atoms with Gasteiger partial charge in [0.2, 0.25) is 0 Å². The van der Waals surface area contributed by atoms with Crippen molar-refractivity contribution in [2.24, 2.45) is 0 Å². The molecule has 1 saturated heterocycles. The number of aromatic nitrogens is 1. The molecule has 18 heavy (non-hydrogen) atoms. The molecule has 1 aliphatic rings. The van der Waals surface area contributed by atoms with Gasteiger partial charge in [-0.15, -0.1) is 0 Å². The van der Waals surface area contributed by atoms with Crippen LogP contribution in [0, 0.1) is 0 Å². The first-order valence-electron chi connectivity index (χ1n) is 6.04. The Morgan fingerprint density at radius 1 is 1.44 bits per heavy atom. The van der Waals surface area contributed by atoms with Crippen LogP contribution in [-0.4, -0.2) is 53.6 Å². The van der Waals surface area contributed by atoms with E-state index in [9.17, 15) is 13.5 Å². The summed E-state index contributed by atoms with van der Waals surface area (Å²) >= 11 is 0. The van der Waals surface area contributed by atoms with Gasteiger partial charge >= 0.3 is 0 Å². The van der Waals surface area contributed by atoms with Gasteiger partial charge in [-0.1, -0.05) is 13.0 Å². The minimum Gasteiger partial charge on any atom is -0.390 e. The fourth-order valence-corrected chi connectivity index (χ4v) is 4.15. The number of rotatable bonds is 4. The first-order chi connectivity index (χ1) is 8.52. The van der Waals surface area contributed by atoms with Crippen LogP contribution in [0.1, 0.15) is 12.6 Å². The molecule has 1 aliphatic heterocycles. The van der Waals surface area contributed by atoms with E-state index in [0.29, 0.717) is 13.1 Å². The maximum Gasteiger partial charge on any atom is 0.154 e. The lowest BCUT2D eigenvalue weighted by Gasteiger charge is -2.28. The monoisotopic (exact) mass is 270 g/mol. The van der Waals surface area contributed by atoms with Crippen LogP contribution < -0.4 is 0 Å². The number of aliphatic hydroxyl groups is 1. The SMILES string of the molecule is CCN(Cc1ccccn1)C1CS(=O)(=O)CC1O. The highest BCUT2D eigenvalue weighted by Gasteiger charge is 2.39. The van der Waals surface area contributed by atoms with Crippen LogP contribution >= 0.6 is 0 Å². The van der Waals surface area contributed by atoms with Crippen LogP contribution in [0.2, 0.25) is 0 Å². The molecular formula is C12H18N2O3S. The molecule has 2 rings (SSSR count). The zero-order valence-electron chi connectivity index (χ0n) is 10.4. The average Bonchev–Trinajstić information content (AvgIpc) is 2.61. The molecule has 0 aromatic carbocycles. The Morgan fingerprint density at radius 3 is 2.72 bits per heavy atom. The van der Waals surface area contributed by atoms with Gasteiger partial charge in [-0.25, -0.2) is 8.42 Å². The largest absolute Gasteiger partial charge is 0.390 e. The molecule has 6 heteroatoms. The van der Waals surface area contributed by atoms with Crippen molar-refractivity contribution in [3.8, 4) is 0 Å². The van der Waals surface area contributed by atoms with Gasteiger partial charge in [0.05, 0.1) is 29.3 Å². The van der Waals surface area contributed by atoms with Crippen LogP contribution in [0.5, 0.6) is 0 Å². The molecule has 0 bridgehead atoms. The van der Waals surface area contributed by atoms with Gasteiger partial charge < -0.3 is 5.11 Å². The number of nitrogens with zero attached hydrogens (tertiary/aromatic N) is 2. The molecule has 100 valence electrons. The third kappa shape index (κ3) is 3.07. The maximum absolute atomic E-state index is 11.5. The topological polar surface area (TPSA) is 70.5 Å². The van der Waals surface area contributed by atoms with E-state index in [1.807, 2.05) is 30.0 Å². The molecule has 1 aromatic rings. The molecule has 1 N–H and O–H groups in total. The molecule has 2 atom stereocenters. The number of sulfone groups is 1. The molecule has 1 aromatic heterocycles. The Morgan fingerprint density at radius 2 is 2.22 bits per heavy atom. The van der Waals surface area contributed by atoms with Gasteiger partial charge in [-0.2, -0.15) is 0 Å². The van der Waals surface area contributed by atoms with Crippen LogP contribution in [-0.2, 0) is 16.4 Å². The second-order valence-electron chi connectivity index (χ2n) is 4.60. The standard InChI is InChI=1S/C12H18N2O3S/c1-2-14(7-10-5-3-4-6-13-10)11-8-18(16,17)9-12(11)15/h3-6,11-12,15H,2,7-9H2,1H3. The van der Waals surface area contributed by atoms with Gasteiger partial charge in [0.25, 0.3) is 0 Å². The van der Waals surface area contributed by atoms with E-state index in [1.54, 1.807) is 6.20 Å². The number of pyridine rings is 1. The molecule has 0 saturated carbocycles. The molecular weight excluding hydrogens is 252 g/mol. The third-order valence-corrected chi connectivity index (χ3v) is 4.96. The lowest BCUT2D eigenvalue weighted by Crippen LogP contribution is -2.42. The Balaban J connectivity index is 2.10. The Labute approximate surface area is 107 Å². The first kappa shape index (κ1) is 13.5. The number of likely N-dealkylation sites (N-methyl/N-ethyl adjacent to an activating group) is 1. The van der Waals surface area contributed by atoms with Crippen LogP contribution in [0.4, 0.5) is 0 Å². The van der Waals surface area contributed by atoms with Gasteiger partial charge in [-0.05, 0) is 18.7 Å². The second kappa shape index (κ2) is 5.34. The second-order valence-corrected chi connectivity index (χ2v) is 6.75. The van der Waals surface area contributed by atoms with E-state index >= 15 is 0 Å². The van der Waals surface area contributed by atoms with Crippen molar-refractivity contribution in [1.29, 1.82) is 0 Å². The smallest absolute Gasteiger partial charge is 0.154 e. The maximum atomic E-state index is 11.5. The summed E-state index contributed by atoms with van der Waals surface area (Å²) in [5.74, 6) is -0.0920. The molecule has 1 fully saturated rings. The fraction of sp³-hybridized carbons (Fsp3) is 0.583. The summed E-state index contributed by atoms with van der Waals surface area (Å²) < 4.78 is 23.0. The van der Waals surface area contributed by atoms with E-state index in [4.69, 9.17) is 0 Å². The number of hydrogen-bond donors (Lipinski definition) is 1. The predicted molar refractivity (Wildman–Crippen MR) is 68.8 cm³/mol. The van der Waals surface area contributed by atoms with Crippen molar-refractivity contribution in [3.05, 3.63) is 30.1 Å². The van der Waals surface area contributed by atoms with Gasteiger partial charge in [0.15, 0.2) is 9.84 Å². The van der Waals surface area contributed by atoms with E-state index in [0.717, 1.165) is 5.69 Å². The highest BCUT2D eigenvalue weighted by Crippen LogP contribution is 2.19. The lowest BCUT2D eigenvalue weighted by molar-refractivity contribution is 0.0811. The molecule has 2 heterocycles. The van der Waals surface area contributed by atoms with E-state index < -0.39 is 15.9 Å². The minimum atomic E-state index is -3.10. The van der Waals surface area contributed by atoms with E-state index in [-0.39, 0.29) is 17.5 Å². The molecule has 0 aliphatic carbocycles. The predicted octanol–water partition coefficient (Wildman–Crippen LogP) is 0.0614. The van der Waals surface area contributed by atoms with Crippen molar-refractivity contribution in [1.82, 2.24) is 9.88 Å². The summed E-state index contributed by atoms with van der Waals surface area (Å²) in [4.78, 5) is 6.20. The van der Waals surface area contributed by atoms with Gasteiger partial charge in [0, 0.05) is 12.7 Å². The summed E-state index contributed by atoms with van der Waals surface area (Å²) in [6, 6.07) is 5.33. The molecule has 0 radical (unpaired) electrons. The lowest BCUT2D eigenvalue weighted by atomic mass is 10.1. The van der Waals surface area contributed by atoms with Crippen molar-refractivity contribution >= 4 is 9.84 Å². The summed E-state index contributed by atoms with van der Waals surface area (Å²) in [6.45, 7) is 3.21. The zero-order valence-corrected chi connectivity index (χ0v) is 11.2. The molecule has 5 nitrogen and oxygen atoms in total. The number of hydrogen-bond acceptors (Lipinski definition) is 5. The quantitative estimate of drug-likeness (QED) is 0.838. The first-order valence-corrected chi connectivity index (χ1v) is 7.86. The van der Waals surface area contributed by atoms with Crippen LogP contribution in [0.3, 0.4) is 0 Å². The van der Waals surface area contributed by atoms with Crippen molar-refractivity contribution in [2.45, 2.75) is 25.6 Å². The molecule has 2 unspecified atom stereocenters. The third-order valence-electron chi connectivity index (χ3n) is 3.26. The van der Waals surface area contributed by atoms with Gasteiger partial charge in [-0.3, -0.25) is 9.88 Å². The summed E-state index contributed by atoms with van der Waals surface area (Å²) in [6.07, 6.45) is 0.920. The van der Waals surface area contributed by atoms with Crippen molar-refractivity contribution in [2.75, 3.05) is 18.1 Å². The zero-order chi connectivity index (χ0) is 13.2. The molecule has 0 spiro atoms. The Kier molecular flexibility index (Phi) is 3.99. The fourth-order valence-electron chi connectivity index (χ4n) is 2.32. The van der Waals surface area contributed by atoms with Crippen molar-refractivity contribution < 1.29 is 13.5 Å². The highest BCUT2D eigenvalue weighted by molar-refractivity contribution is 7.91. The highest BCUT2D eigenvalue weighted by atomic mass is 32.2.